The van der Waals surface area contributed by atoms with Crippen molar-refractivity contribution < 1.29 is 57.2 Å². The molecular formula is C95H179N3O12. The van der Waals surface area contributed by atoms with Gasteiger partial charge in [0.15, 0.2) is 0 Å². The van der Waals surface area contributed by atoms with Crippen molar-refractivity contribution in [2.75, 3.05) is 59.3 Å². The lowest BCUT2D eigenvalue weighted by molar-refractivity contribution is -0.146. The molecule has 15 heteroatoms. The normalized spacial score (nSPS) is 12.4. The van der Waals surface area contributed by atoms with Gasteiger partial charge in [0.05, 0.1) is 39.6 Å². The zero-order valence-corrected chi connectivity index (χ0v) is 73.2. The van der Waals surface area contributed by atoms with Gasteiger partial charge in [-0.1, -0.05) is 413 Å². The van der Waals surface area contributed by atoms with Crippen molar-refractivity contribution in [1.29, 1.82) is 0 Å². The molecule has 0 heterocycles. The highest BCUT2D eigenvalue weighted by atomic mass is 16.6. The molecule has 3 amide bonds. The van der Waals surface area contributed by atoms with Crippen molar-refractivity contribution in [2.24, 2.45) is 23.7 Å². The summed E-state index contributed by atoms with van der Waals surface area (Å²) in [5.74, 6) is 2.24. The topological polar surface area (TPSA) is 194 Å². The molecule has 0 aliphatic rings. The van der Waals surface area contributed by atoms with Gasteiger partial charge in [-0.3, -0.25) is 4.79 Å². The van der Waals surface area contributed by atoms with E-state index in [2.05, 4.69) is 56.8 Å². The van der Waals surface area contributed by atoms with Crippen molar-refractivity contribution in [2.45, 2.75) is 465 Å². The molecule has 3 N–H and O–H groups in total. The van der Waals surface area contributed by atoms with Gasteiger partial charge in [0.1, 0.15) is 6.61 Å². The third kappa shape index (κ3) is 75.1. The fourth-order valence-corrected chi connectivity index (χ4v) is 15.6. The Hall–Kier alpha value is -4.30. The van der Waals surface area contributed by atoms with Crippen LogP contribution < -0.4 is 16.0 Å². The average Bonchev–Trinajstić information content (AvgIpc) is 0.920. The number of unbranched alkanes of at least 4 members (excludes halogenated alkanes) is 47. The predicted molar refractivity (Wildman–Crippen MR) is 462 cm³/mol. The lowest BCUT2D eigenvalue weighted by atomic mass is 9.78. The Morgan fingerprint density at radius 3 is 0.682 bits per heavy atom. The highest BCUT2D eigenvalue weighted by Gasteiger charge is 2.23. The van der Waals surface area contributed by atoms with E-state index in [0.717, 1.165) is 101 Å². The number of hydrogen-bond donors (Lipinski definition) is 3. The van der Waals surface area contributed by atoms with E-state index in [1.165, 1.54) is 334 Å². The first-order chi connectivity index (χ1) is 53.8. The van der Waals surface area contributed by atoms with Gasteiger partial charge >= 0.3 is 36.2 Å². The number of carbonyl (C=O) groups is 6. The van der Waals surface area contributed by atoms with Gasteiger partial charge in [0.2, 0.25) is 0 Å². The quantitative estimate of drug-likeness (QED) is 0.0226. The molecule has 646 valence electrons. The zero-order chi connectivity index (χ0) is 80.3. The van der Waals surface area contributed by atoms with Crippen molar-refractivity contribution in [3.05, 3.63) is 24.3 Å². The maximum Gasteiger partial charge on any atom is 0.407 e. The summed E-state index contributed by atoms with van der Waals surface area (Å²) in [5, 5.41) is 8.52. The number of carbonyl (C=O) groups excluding carboxylic acids is 6. The number of esters is 3. The summed E-state index contributed by atoms with van der Waals surface area (Å²) in [6, 6.07) is 0. The number of rotatable bonds is 86. The van der Waals surface area contributed by atoms with Crippen LogP contribution in [-0.2, 0) is 42.8 Å². The summed E-state index contributed by atoms with van der Waals surface area (Å²) in [6.07, 6.45) is 80.8. The Morgan fingerprint density at radius 2 is 0.427 bits per heavy atom. The summed E-state index contributed by atoms with van der Waals surface area (Å²) in [5.41, 5.74) is 0.704. The Morgan fingerprint density at radius 1 is 0.227 bits per heavy atom. The van der Waals surface area contributed by atoms with Crippen LogP contribution in [0.15, 0.2) is 24.3 Å². The summed E-state index contributed by atoms with van der Waals surface area (Å²) in [7, 11) is 0. The molecule has 0 aliphatic carbocycles. The third-order valence-corrected chi connectivity index (χ3v) is 22.6. The van der Waals surface area contributed by atoms with E-state index in [1.807, 2.05) is 0 Å². The first kappa shape index (κ1) is 106. The Balaban J connectivity index is 4.67. The van der Waals surface area contributed by atoms with Crippen molar-refractivity contribution in [1.82, 2.24) is 16.0 Å². The Kier molecular flexibility index (Phi) is 80.8. The minimum Gasteiger partial charge on any atom is -0.466 e. The fraction of sp³-hybridized carbons (Fsp3) is 0.895. The number of amides is 3. The summed E-state index contributed by atoms with van der Waals surface area (Å²) in [6.45, 7) is 23.1. The molecule has 15 nitrogen and oxygen atoms in total. The van der Waals surface area contributed by atoms with Crippen LogP contribution in [0.4, 0.5) is 14.4 Å². The lowest BCUT2D eigenvalue weighted by Gasteiger charge is -2.28. The average molecular weight is 1560 g/mol. The molecule has 0 spiro atoms. The van der Waals surface area contributed by atoms with Crippen LogP contribution in [0.1, 0.15) is 465 Å². The second-order valence-corrected chi connectivity index (χ2v) is 33.1. The van der Waals surface area contributed by atoms with Gasteiger partial charge in [0.25, 0.3) is 0 Å². The van der Waals surface area contributed by atoms with E-state index in [0.29, 0.717) is 57.1 Å². The summed E-state index contributed by atoms with van der Waals surface area (Å²) in [4.78, 5) is 72.2. The zero-order valence-electron chi connectivity index (χ0n) is 73.2. The van der Waals surface area contributed by atoms with Crippen LogP contribution in [0.2, 0.25) is 0 Å². The maximum absolute atomic E-state index is 12.5. The van der Waals surface area contributed by atoms with E-state index >= 15 is 0 Å². The van der Waals surface area contributed by atoms with Gasteiger partial charge in [-0.2, -0.15) is 0 Å². The molecule has 4 unspecified atom stereocenters. The monoisotopic (exact) mass is 1550 g/mol. The minimum atomic E-state index is -0.467. The van der Waals surface area contributed by atoms with E-state index < -0.39 is 18.0 Å². The van der Waals surface area contributed by atoms with Crippen molar-refractivity contribution in [3.63, 3.8) is 0 Å². The number of nitrogens with one attached hydrogen (secondary N) is 3. The highest BCUT2D eigenvalue weighted by molar-refractivity contribution is 5.87. The van der Waals surface area contributed by atoms with E-state index in [4.69, 9.17) is 28.4 Å². The molecule has 0 rings (SSSR count). The molecule has 110 heavy (non-hydrogen) atoms. The number of alkyl carbamates (subject to hydrolysis) is 3. The molecule has 0 aromatic heterocycles. The molecule has 0 aromatic rings. The number of ether oxygens (including phenoxy) is 6. The van der Waals surface area contributed by atoms with Crippen LogP contribution >= 0.6 is 0 Å². The van der Waals surface area contributed by atoms with E-state index in [1.54, 1.807) is 13.8 Å². The van der Waals surface area contributed by atoms with Gasteiger partial charge in [-0.15, -0.1) is 0 Å². The Labute approximate surface area is 678 Å². The third-order valence-electron chi connectivity index (χ3n) is 22.6. The number of hydrogen-bond acceptors (Lipinski definition) is 12. The predicted octanol–water partition coefficient (Wildman–Crippen LogP) is 28.2. The molecule has 0 fully saturated rings. The second kappa shape index (κ2) is 84.1. The van der Waals surface area contributed by atoms with Gasteiger partial charge in [-0.25, -0.2) is 24.0 Å². The fourth-order valence-electron chi connectivity index (χ4n) is 15.6. The molecule has 0 saturated carbocycles. The van der Waals surface area contributed by atoms with Gasteiger partial charge in [0, 0.05) is 30.7 Å². The minimum absolute atomic E-state index is 0.0997. The van der Waals surface area contributed by atoms with Crippen molar-refractivity contribution in [3.8, 4) is 0 Å². The van der Waals surface area contributed by atoms with Gasteiger partial charge in [-0.05, 0) is 82.5 Å². The lowest BCUT2D eigenvalue weighted by Crippen LogP contribution is -2.29. The van der Waals surface area contributed by atoms with Crippen LogP contribution in [0.25, 0.3) is 0 Å². The second-order valence-electron chi connectivity index (χ2n) is 33.1. The summed E-state index contributed by atoms with van der Waals surface area (Å²) >= 11 is 0. The summed E-state index contributed by atoms with van der Waals surface area (Å²) < 4.78 is 32.0. The molecule has 0 aliphatic heterocycles. The van der Waals surface area contributed by atoms with E-state index in [9.17, 15) is 28.8 Å². The molecule has 0 aromatic carbocycles. The van der Waals surface area contributed by atoms with Crippen molar-refractivity contribution >= 4 is 36.2 Å². The van der Waals surface area contributed by atoms with Crippen LogP contribution in [0.3, 0.4) is 0 Å². The first-order valence-corrected chi connectivity index (χ1v) is 47.3. The smallest absolute Gasteiger partial charge is 0.407 e. The molecule has 0 saturated heterocycles. The highest BCUT2D eigenvalue weighted by Crippen LogP contribution is 2.36. The van der Waals surface area contributed by atoms with E-state index in [-0.39, 0.29) is 44.3 Å². The molecular weight excluding hydrogens is 1380 g/mol. The Bertz CT molecular complexity index is 1960. The van der Waals surface area contributed by atoms with Crippen LogP contribution in [0, 0.1) is 23.7 Å². The SMILES string of the molecule is C=C(C)C(=O)OCCCC(=O)OCCCCCCCCC(CCCCCCCCC)C(CCCCCCCCC)CCCCCCCCOC(=O)NCCCCCCNC(=O)OCCCCCCCCC(CCCCCCCCC)C(CCCCCCCCC)CCCCCCCCOC(=O)NCCOC(=O)C(=C)C. The van der Waals surface area contributed by atoms with Gasteiger partial charge < -0.3 is 44.4 Å². The van der Waals surface area contributed by atoms with Crippen LogP contribution in [-0.4, -0.2) is 95.5 Å². The molecule has 4 atom stereocenters. The molecule has 0 radical (unpaired) electrons. The molecule has 0 bridgehead atoms. The largest absolute Gasteiger partial charge is 0.466 e. The standard InChI is InChI=1S/C95H179N3O12/c1-9-13-17-21-25-37-51-66-86(70-55-41-29-33-47-61-78-105-90(99)74-65-82-106-91(100)84(5)6)87(67-52-38-26-22-18-14-10-2)71-56-42-30-34-48-62-79-108-93(102)96-75-59-45-46-60-76-97-94(103)109-80-63-49-35-31-43-57-72-88(68-53-39-27-23-19-15-11-3)89(69-54-40-28-24-20-16-12-4)73-58-44-32-36-50-64-81-110-95(104)98-77-83-107-92(101)85(7)8/h86-89H,5,7,9-83H2,1-4,6,8H3,(H,96,102)(H,97,103)(H,98,104). The first-order valence-electron chi connectivity index (χ1n) is 47.3. The maximum atomic E-state index is 12.5. The van der Waals surface area contributed by atoms with Crippen LogP contribution in [0.5, 0.6) is 0 Å².